The van der Waals surface area contributed by atoms with Gasteiger partial charge in [0.15, 0.2) is 5.65 Å². The summed E-state index contributed by atoms with van der Waals surface area (Å²) in [5.74, 6) is 1.29. The van der Waals surface area contributed by atoms with Crippen LogP contribution in [0, 0.1) is 5.92 Å². The summed E-state index contributed by atoms with van der Waals surface area (Å²) in [6, 6.07) is 12.1. The number of nitrogens with zero attached hydrogens (tertiary/aromatic N) is 4. The van der Waals surface area contributed by atoms with Gasteiger partial charge in [-0.15, -0.1) is 5.10 Å². The molecule has 156 valence electrons. The van der Waals surface area contributed by atoms with Gasteiger partial charge in [0.2, 0.25) is 11.9 Å². The average molecular weight is 406 g/mol. The molecule has 2 aliphatic rings. The van der Waals surface area contributed by atoms with Crippen molar-refractivity contribution in [1.29, 1.82) is 0 Å². The largest absolute Gasteiger partial charge is 0.381 e. The highest BCUT2D eigenvalue weighted by atomic mass is 16.5. The zero-order valence-electron chi connectivity index (χ0n) is 17.7. The van der Waals surface area contributed by atoms with Gasteiger partial charge in [-0.05, 0) is 68.9 Å². The maximum atomic E-state index is 12.5. The predicted molar refractivity (Wildman–Crippen MR) is 116 cm³/mol. The molecular formula is C23H27N5O2. The molecular weight excluding hydrogens is 378 g/mol. The minimum Gasteiger partial charge on any atom is -0.381 e. The number of carbonyl (C=O) groups is 1. The molecule has 5 rings (SSSR count). The molecule has 1 amide bonds. The van der Waals surface area contributed by atoms with Crippen LogP contribution >= 0.6 is 0 Å². The van der Waals surface area contributed by atoms with Crippen LogP contribution in [0.1, 0.15) is 37.9 Å². The van der Waals surface area contributed by atoms with Crippen LogP contribution in [0.5, 0.6) is 0 Å². The first kappa shape index (κ1) is 19.1. The first-order valence-corrected chi connectivity index (χ1v) is 10.6. The minimum atomic E-state index is -0.497. The number of benzene rings is 1. The molecule has 0 unspecified atom stereocenters. The summed E-state index contributed by atoms with van der Waals surface area (Å²) in [5.41, 5.74) is 4.34. The second-order valence-electron chi connectivity index (χ2n) is 8.83. The Morgan fingerprint density at radius 3 is 2.80 bits per heavy atom. The topological polar surface area (TPSA) is 71.8 Å². The molecule has 1 fully saturated rings. The first-order chi connectivity index (χ1) is 14.4. The molecule has 0 aliphatic carbocycles. The van der Waals surface area contributed by atoms with Gasteiger partial charge in [-0.25, -0.2) is 4.52 Å². The fourth-order valence-electron chi connectivity index (χ4n) is 4.60. The lowest BCUT2D eigenvalue weighted by Gasteiger charge is -2.21. The van der Waals surface area contributed by atoms with Crippen molar-refractivity contribution in [3.63, 3.8) is 0 Å². The molecule has 0 bridgehead atoms. The van der Waals surface area contributed by atoms with E-state index in [4.69, 9.17) is 9.84 Å². The number of carbonyl (C=O) groups excluding carboxylic acids is 1. The Hall–Kier alpha value is -2.93. The van der Waals surface area contributed by atoms with E-state index in [1.807, 2.05) is 55.7 Å². The van der Waals surface area contributed by atoms with Crippen LogP contribution in [0.15, 0.2) is 36.4 Å². The normalized spacial score (nSPS) is 18.8. The lowest BCUT2D eigenvalue weighted by Crippen LogP contribution is -2.33. The monoisotopic (exact) mass is 405 g/mol. The Labute approximate surface area is 176 Å². The van der Waals surface area contributed by atoms with Crippen LogP contribution in [0.4, 0.5) is 17.3 Å². The number of anilines is 3. The van der Waals surface area contributed by atoms with Crippen LogP contribution in [0.25, 0.3) is 5.65 Å². The molecule has 0 radical (unpaired) electrons. The highest BCUT2D eigenvalue weighted by Gasteiger charge is 2.42. The van der Waals surface area contributed by atoms with Crippen LogP contribution in [0.3, 0.4) is 0 Å². The maximum Gasteiger partial charge on any atom is 0.247 e. The molecule has 1 saturated heterocycles. The lowest BCUT2D eigenvalue weighted by atomic mass is 9.86. The maximum absolute atomic E-state index is 12.5. The number of nitrogens with one attached hydrogen (secondary N) is 1. The van der Waals surface area contributed by atoms with Gasteiger partial charge in [-0.3, -0.25) is 4.79 Å². The number of aromatic nitrogens is 3. The smallest absolute Gasteiger partial charge is 0.247 e. The summed E-state index contributed by atoms with van der Waals surface area (Å²) in [4.78, 5) is 18.9. The highest BCUT2D eigenvalue weighted by molar-refractivity contribution is 6.07. The molecule has 1 N–H and O–H groups in total. The van der Waals surface area contributed by atoms with E-state index in [0.29, 0.717) is 11.9 Å². The summed E-state index contributed by atoms with van der Waals surface area (Å²) in [5, 5.41) is 8.03. The van der Waals surface area contributed by atoms with Crippen molar-refractivity contribution < 1.29 is 9.53 Å². The van der Waals surface area contributed by atoms with Crippen LogP contribution < -0.4 is 10.2 Å². The van der Waals surface area contributed by atoms with E-state index in [9.17, 15) is 4.79 Å². The third-order valence-electron chi connectivity index (χ3n) is 6.40. The molecule has 0 spiro atoms. The SMILES string of the molecule is CN1C(=O)C(C)(C)c2ccc(Nc3nc4cccc(CC5CCOCC5)n4n3)cc21. The van der Waals surface area contributed by atoms with Gasteiger partial charge in [0.25, 0.3) is 0 Å². The highest BCUT2D eigenvalue weighted by Crippen LogP contribution is 2.42. The van der Waals surface area contributed by atoms with Crippen LogP contribution in [-0.4, -0.2) is 40.8 Å². The zero-order chi connectivity index (χ0) is 20.9. The molecule has 7 heteroatoms. The fourth-order valence-corrected chi connectivity index (χ4v) is 4.60. The van der Waals surface area contributed by atoms with Gasteiger partial charge in [-0.1, -0.05) is 12.1 Å². The summed E-state index contributed by atoms with van der Waals surface area (Å²) >= 11 is 0. The second-order valence-corrected chi connectivity index (χ2v) is 8.83. The molecule has 30 heavy (non-hydrogen) atoms. The molecule has 4 heterocycles. The summed E-state index contributed by atoms with van der Waals surface area (Å²) < 4.78 is 7.42. The molecule has 0 saturated carbocycles. The van der Waals surface area contributed by atoms with Crippen molar-refractivity contribution in [2.24, 2.45) is 5.92 Å². The van der Waals surface area contributed by atoms with E-state index in [1.54, 1.807) is 4.90 Å². The number of pyridine rings is 1. The van der Waals surface area contributed by atoms with Gasteiger partial charge in [0.1, 0.15) is 0 Å². The van der Waals surface area contributed by atoms with Gasteiger partial charge >= 0.3 is 0 Å². The van der Waals surface area contributed by atoms with Gasteiger partial charge in [0, 0.05) is 37.3 Å². The molecule has 3 aromatic rings. The number of rotatable bonds is 4. The van der Waals surface area contributed by atoms with Crippen molar-refractivity contribution in [2.45, 2.75) is 38.5 Å². The van der Waals surface area contributed by atoms with Crippen molar-refractivity contribution in [3.8, 4) is 0 Å². The van der Waals surface area contributed by atoms with E-state index in [1.165, 1.54) is 5.69 Å². The number of hydrogen-bond acceptors (Lipinski definition) is 5. The quantitative estimate of drug-likeness (QED) is 0.717. The standard InChI is InChI=1S/C23H27N5O2/c1-23(2)18-8-7-16(14-19(18)27(3)21(23)29)24-22-25-20-6-4-5-17(28(20)26-22)13-15-9-11-30-12-10-15/h4-8,14-15H,9-13H2,1-3H3,(H,24,26). The van der Waals surface area contributed by atoms with Crippen molar-refractivity contribution in [1.82, 2.24) is 14.6 Å². The number of hydrogen-bond donors (Lipinski definition) is 1. The van der Waals surface area contributed by atoms with E-state index < -0.39 is 5.41 Å². The lowest BCUT2D eigenvalue weighted by molar-refractivity contribution is -0.121. The van der Waals surface area contributed by atoms with Crippen molar-refractivity contribution >= 4 is 28.9 Å². The second kappa shape index (κ2) is 7.09. The van der Waals surface area contributed by atoms with Gasteiger partial charge in [0.05, 0.1) is 5.41 Å². The van der Waals surface area contributed by atoms with E-state index in [0.717, 1.165) is 55.1 Å². The molecule has 2 aliphatic heterocycles. The Balaban J connectivity index is 1.41. The Bertz CT molecular complexity index is 1110. The number of fused-ring (bicyclic) bond motifs is 2. The Morgan fingerprint density at radius 2 is 2.00 bits per heavy atom. The number of ether oxygens (including phenoxy) is 1. The number of likely N-dealkylation sites (N-methyl/N-ethyl adjacent to an activating group) is 1. The molecule has 1 aromatic carbocycles. The van der Waals surface area contributed by atoms with Crippen LogP contribution in [-0.2, 0) is 21.4 Å². The Kier molecular flexibility index (Phi) is 4.50. The van der Waals surface area contributed by atoms with Crippen molar-refractivity contribution in [2.75, 3.05) is 30.5 Å². The number of amides is 1. The third kappa shape index (κ3) is 3.13. The minimum absolute atomic E-state index is 0.109. The average Bonchev–Trinajstić information content (AvgIpc) is 3.23. The molecule has 0 atom stereocenters. The summed E-state index contributed by atoms with van der Waals surface area (Å²) in [6.45, 7) is 5.62. The summed E-state index contributed by atoms with van der Waals surface area (Å²) in [7, 11) is 1.82. The summed E-state index contributed by atoms with van der Waals surface area (Å²) in [6.07, 6.45) is 3.16. The van der Waals surface area contributed by atoms with Gasteiger partial charge < -0.3 is 15.0 Å². The van der Waals surface area contributed by atoms with Crippen LogP contribution in [0.2, 0.25) is 0 Å². The zero-order valence-corrected chi connectivity index (χ0v) is 17.7. The fraction of sp³-hybridized carbons (Fsp3) is 0.435. The van der Waals surface area contributed by atoms with E-state index in [-0.39, 0.29) is 5.91 Å². The Morgan fingerprint density at radius 1 is 1.20 bits per heavy atom. The van der Waals surface area contributed by atoms with E-state index in [2.05, 4.69) is 16.4 Å². The first-order valence-electron chi connectivity index (χ1n) is 10.6. The van der Waals surface area contributed by atoms with E-state index >= 15 is 0 Å². The predicted octanol–water partition coefficient (Wildman–Crippen LogP) is 3.70. The third-order valence-corrected chi connectivity index (χ3v) is 6.40. The van der Waals surface area contributed by atoms with Gasteiger partial charge in [-0.2, -0.15) is 4.98 Å². The molecule has 2 aromatic heterocycles. The molecule has 7 nitrogen and oxygen atoms in total. The van der Waals surface area contributed by atoms with Crippen molar-refractivity contribution in [3.05, 3.63) is 47.7 Å².